The van der Waals surface area contributed by atoms with E-state index >= 15 is 0 Å². The lowest BCUT2D eigenvalue weighted by Crippen LogP contribution is -1.96. The molecule has 0 radical (unpaired) electrons. The SMILES string of the molecule is COc1cccc(F)c1-c1cc2c(C(C)=Nc3cnn(C)c3)c(O)[nH]c2cn1. The number of aromatic hydroxyl groups is 1. The largest absolute Gasteiger partial charge is 0.496 e. The van der Waals surface area contributed by atoms with E-state index in [0.29, 0.717) is 39.3 Å². The first kappa shape index (κ1) is 17.7. The fourth-order valence-corrected chi connectivity index (χ4v) is 3.22. The quantitative estimate of drug-likeness (QED) is 0.526. The summed E-state index contributed by atoms with van der Waals surface area (Å²) in [5.74, 6) is -0.0817. The summed E-state index contributed by atoms with van der Waals surface area (Å²) in [6.45, 7) is 1.79. The zero-order chi connectivity index (χ0) is 19.8. The second-order valence-corrected chi connectivity index (χ2v) is 6.35. The van der Waals surface area contributed by atoms with Crippen LogP contribution in [0, 0.1) is 5.82 Å². The summed E-state index contributed by atoms with van der Waals surface area (Å²) in [7, 11) is 3.28. The molecule has 0 aliphatic carbocycles. The molecule has 3 heterocycles. The van der Waals surface area contributed by atoms with Crippen LogP contribution in [0.1, 0.15) is 12.5 Å². The first-order valence-corrected chi connectivity index (χ1v) is 8.55. The second kappa shape index (κ2) is 6.80. The monoisotopic (exact) mass is 379 g/mol. The summed E-state index contributed by atoms with van der Waals surface area (Å²) < 4.78 is 21.4. The van der Waals surface area contributed by atoms with Gasteiger partial charge < -0.3 is 14.8 Å². The Bertz CT molecular complexity index is 1210. The van der Waals surface area contributed by atoms with Gasteiger partial charge in [-0.05, 0) is 25.1 Å². The van der Waals surface area contributed by atoms with Crippen molar-refractivity contribution in [1.29, 1.82) is 0 Å². The number of benzene rings is 1. The Kier molecular flexibility index (Phi) is 4.31. The molecule has 0 spiro atoms. The van der Waals surface area contributed by atoms with E-state index in [1.54, 1.807) is 55.4 Å². The van der Waals surface area contributed by atoms with Crippen molar-refractivity contribution in [2.24, 2.45) is 12.0 Å². The number of H-pyrrole nitrogens is 1. The number of aliphatic imine (C=N–C) groups is 1. The number of ether oxygens (including phenoxy) is 1. The summed E-state index contributed by atoms with van der Waals surface area (Å²) in [5.41, 5.74) is 3.07. The highest BCUT2D eigenvalue weighted by Gasteiger charge is 2.18. The van der Waals surface area contributed by atoms with Crippen LogP contribution in [0.4, 0.5) is 10.1 Å². The van der Waals surface area contributed by atoms with Crippen molar-refractivity contribution < 1.29 is 14.2 Å². The second-order valence-electron chi connectivity index (χ2n) is 6.35. The third kappa shape index (κ3) is 2.98. The number of nitrogens with one attached hydrogen (secondary N) is 1. The van der Waals surface area contributed by atoms with Crippen molar-refractivity contribution in [3.05, 3.63) is 54.2 Å². The number of pyridine rings is 1. The zero-order valence-corrected chi connectivity index (χ0v) is 15.6. The molecule has 0 atom stereocenters. The van der Waals surface area contributed by atoms with Gasteiger partial charge in [-0.15, -0.1) is 0 Å². The van der Waals surface area contributed by atoms with Gasteiger partial charge in [-0.3, -0.25) is 9.67 Å². The molecule has 0 aliphatic rings. The first-order valence-electron chi connectivity index (χ1n) is 8.55. The Morgan fingerprint density at radius 2 is 2.14 bits per heavy atom. The molecule has 4 aromatic rings. The minimum absolute atomic E-state index is 0.0282. The lowest BCUT2D eigenvalue weighted by molar-refractivity contribution is 0.413. The lowest BCUT2D eigenvalue weighted by Gasteiger charge is -2.09. The van der Waals surface area contributed by atoms with E-state index in [0.717, 1.165) is 0 Å². The van der Waals surface area contributed by atoms with E-state index in [2.05, 4.69) is 20.1 Å². The number of methoxy groups -OCH3 is 1. The third-order valence-electron chi connectivity index (χ3n) is 4.46. The molecule has 0 fully saturated rings. The van der Waals surface area contributed by atoms with E-state index in [9.17, 15) is 9.50 Å². The molecule has 4 rings (SSSR count). The van der Waals surface area contributed by atoms with E-state index in [1.165, 1.54) is 13.2 Å². The molecule has 0 saturated carbocycles. The van der Waals surface area contributed by atoms with E-state index in [4.69, 9.17) is 4.74 Å². The molecule has 142 valence electrons. The molecule has 0 unspecified atom stereocenters. The van der Waals surface area contributed by atoms with Crippen molar-refractivity contribution in [3.8, 4) is 22.9 Å². The summed E-state index contributed by atoms with van der Waals surface area (Å²) in [4.78, 5) is 11.7. The number of hydrogen-bond acceptors (Lipinski definition) is 5. The summed E-state index contributed by atoms with van der Waals surface area (Å²) in [6.07, 6.45) is 4.95. The average Bonchev–Trinajstić information content (AvgIpc) is 3.22. The summed E-state index contributed by atoms with van der Waals surface area (Å²) in [6, 6.07) is 6.32. The molecule has 0 amide bonds. The van der Waals surface area contributed by atoms with Gasteiger partial charge in [0.05, 0.1) is 53.7 Å². The predicted octanol–water partition coefficient (Wildman–Crippen LogP) is 3.96. The van der Waals surface area contributed by atoms with Crippen molar-refractivity contribution in [2.75, 3.05) is 7.11 Å². The molecule has 1 aromatic carbocycles. The normalized spacial score (nSPS) is 11.9. The van der Waals surface area contributed by atoms with Crippen LogP contribution in [0.15, 0.2) is 47.8 Å². The molecule has 3 aromatic heterocycles. The average molecular weight is 379 g/mol. The highest BCUT2D eigenvalue weighted by Crippen LogP contribution is 2.35. The van der Waals surface area contributed by atoms with Gasteiger partial charge in [0, 0.05) is 12.4 Å². The maximum absolute atomic E-state index is 14.5. The minimum atomic E-state index is -0.437. The van der Waals surface area contributed by atoms with Crippen LogP contribution in [0.5, 0.6) is 11.6 Å². The van der Waals surface area contributed by atoms with Gasteiger partial charge in [-0.25, -0.2) is 9.38 Å². The van der Waals surface area contributed by atoms with Crippen LogP contribution in [0.3, 0.4) is 0 Å². The number of aromatic amines is 1. The van der Waals surface area contributed by atoms with Crippen molar-refractivity contribution in [1.82, 2.24) is 19.7 Å². The molecular formula is C20H18FN5O2. The predicted molar refractivity (Wildman–Crippen MR) is 105 cm³/mol. The standard InChI is InChI=1S/C20H18FN5O2/c1-11(24-12-8-23-26(2)10-12)18-13-7-15(22-9-16(13)25-20(18)27)19-14(21)5-4-6-17(19)28-3/h4-10,25,27H,1-3H3. The highest BCUT2D eigenvalue weighted by molar-refractivity contribution is 6.13. The lowest BCUT2D eigenvalue weighted by atomic mass is 10.0. The van der Waals surface area contributed by atoms with Crippen molar-refractivity contribution in [3.63, 3.8) is 0 Å². The van der Waals surface area contributed by atoms with Gasteiger partial charge in [0.1, 0.15) is 17.3 Å². The van der Waals surface area contributed by atoms with Crippen LogP contribution < -0.4 is 4.74 Å². The van der Waals surface area contributed by atoms with Gasteiger partial charge in [0.25, 0.3) is 0 Å². The summed E-state index contributed by atoms with van der Waals surface area (Å²) in [5, 5.41) is 15.2. The fourth-order valence-electron chi connectivity index (χ4n) is 3.22. The van der Waals surface area contributed by atoms with Gasteiger partial charge in [-0.1, -0.05) is 6.07 Å². The Morgan fingerprint density at radius 1 is 1.32 bits per heavy atom. The number of fused-ring (bicyclic) bond motifs is 1. The maximum Gasteiger partial charge on any atom is 0.198 e. The van der Waals surface area contributed by atoms with Gasteiger partial charge >= 0.3 is 0 Å². The molecule has 0 bridgehead atoms. The Hall–Kier alpha value is -3.68. The first-order chi connectivity index (χ1) is 13.5. The minimum Gasteiger partial charge on any atom is -0.496 e. The molecule has 0 aliphatic heterocycles. The molecule has 8 heteroatoms. The number of halogens is 1. The van der Waals surface area contributed by atoms with Crippen molar-refractivity contribution in [2.45, 2.75) is 6.92 Å². The maximum atomic E-state index is 14.5. The third-order valence-corrected chi connectivity index (χ3v) is 4.46. The molecule has 28 heavy (non-hydrogen) atoms. The van der Waals surface area contributed by atoms with Gasteiger partial charge in [0.2, 0.25) is 0 Å². The summed E-state index contributed by atoms with van der Waals surface area (Å²) >= 11 is 0. The molecule has 2 N–H and O–H groups in total. The fraction of sp³-hybridized carbons (Fsp3) is 0.150. The van der Waals surface area contributed by atoms with E-state index in [-0.39, 0.29) is 11.4 Å². The number of aromatic nitrogens is 4. The van der Waals surface area contributed by atoms with Crippen LogP contribution in [0.2, 0.25) is 0 Å². The van der Waals surface area contributed by atoms with Crippen LogP contribution >= 0.6 is 0 Å². The van der Waals surface area contributed by atoms with E-state index in [1.807, 2.05) is 0 Å². The van der Waals surface area contributed by atoms with Crippen molar-refractivity contribution >= 4 is 22.3 Å². The molecule has 7 nitrogen and oxygen atoms in total. The number of hydrogen-bond donors (Lipinski definition) is 2. The van der Waals surface area contributed by atoms with Crippen LogP contribution in [-0.4, -0.2) is 37.7 Å². The van der Waals surface area contributed by atoms with Crippen LogP contribution in [-0.2, 0) is 7.05 Å². The Morgan fingerprint density at radius 3 is 2.86 bits per heavy atom. The Balaban J connectivity index is 1.89. The zero-order valence-electron chi connectivity index (χ0n) is 15.6. The Labute approximate surface area is 160 Å². The number of aryl methyl sites for hydroxylation is 1. The van der Waals surface area contributed by atoms with Gasteiger partial charge in [-0.2, -0.15) is 5.10 Å². The van der Waals surface area contributed by atoms with Gasteiger partial charge in [0.15, 0.2) is 5.88 Å². The van der Waals surface area contributed by atoms with E-state index < -0.39 is 5.82 Å². The highest BCUT2D eigenvalue weighted by atomic mass is 19.1. The number of rotatable bonds is 4. The number of nitrogens with zero attached hydrogens (tertiary/aromatic N) is 4. The topological polar surface area (TPSA) is 88.3 Å². The molecular weight excluding hydrogens is 361 g/mol. The van der Waals surface area contributed by atoms with Crippen LogP contribution in [0.25, 0.3) is 22.2 Å². The smallest absolute Gasteiger partial charge is 0.198 e. The molecule has 0 saturated heterocycles.